The lowest BCUT2D eigenvalue weighted by molar-refractivity contribution is 0.344. The van der Waals surface area contributed by atoms with Crippen molar-refractivity contribution >= 4 is 32.8 Å². The number of imidazole rings is 1. The van der Waals surface area contributed by atoms with Crippen LogP contribution in [0, 0.1) is 0 Å². The van der Waals surface area contributed by atoms with Gasteiger partial charge in [0.1, 0.15) is 5.75 Å². The molecule has 0 atom stereocenters. The number of aromatic nitrogens is 2. The molecule has 2 aromatic carbocycles. The first-order valence-electron chi connectivity index (χ1n) is 7.83. The van der Waals surface area contributed by atoms with E-state index < -0.39 is 10.0 Å². The first-order chi connectivity index (χ1) is 12.0. The minimum Gasteiger partial charge on any atom is -0.493 e. The van der Waals surface area contributed by atoms with Crippen molar-refractivity contribution in [3.8, 4) is 5.75 Å². The SMILES string of the molecule is CCn1c(SCCOc2ccccc2)nc2cc(S(N)(=O)=O)ccc21. The van der Waals surface area contributed by atoms with Gasteiger partial charge in [-0.15, -0.1) is 0 Å². The number of aryl methyl sites for hydroxylation is 1. The van der Waals surface area contributed by atoms with Gasteiger partial charge in [-0.25, -0.2) is 18.5 Å². The molecule has 0 saturated heterocycles. The van der Waals surface area contributed by atoms with Crippen LogP contribution in [0.1, 0.15) is 6.92 Å². The zero-order valence-electron chi connectivity index (χ0n) is 13.8. The third-order valence-electron chi connectivity index (χ3n) is 3.66. The van der Waals surface area contributed by atoms with E-state index in [2.05, 4.69) is 9.55 Å². The molecule has 0 unspecified atom stereocenters. The molecule has 8 heteroatoms. The predicted octanol–water partition coefficient (Wildman–Crippen LogP) is 2.87. The van der Waals surface area contributed by atoms with Crippen LogP contribution in [0.5, 0.6) is 5.75 Å². The van der Waals surface area contributed by atoms with E-state index >= 15 is 0 Å². The lowest BCUT2D eigenvalue weighted by Crippen LogP contribution is -2.11. The van der Waals surface area contributed by atoms with Crippen LogP contribution in [0.3, 0.4) is 0 Å². The maximum Gasteiger partial charge on any atom is 0.238 e. The predicted molar refractivity (Wildman–Crippen MR) is 99.4 cm³/mol. The van der Waals surface area contributed by atoms with Crippen LogP contribution in [0.15, 0.2) is 58.6 Å². The zero-order chi connectivity index (χ0) is 17.9. The van der Waals surface area contributed by atoms with Crippen molar-refractivity contribution in [1.29, 1.82) is 0 Å². The Morgan fingerprint density at radius 3 is 2.64 bits per heavy atom. The minimum absolute atomic E-state index is 0.0738. The molecule has 1 heterocycles. The Balaban J connectivity index is 1.74. The van der Waals surface area contributed by atoms with Gasteiger partial charge in [0, 0.05) is 12.3 Å². The van der Waals surface area contributed by atoms with E-state index in [1.807, 2.05) is 37.3 Å². The maximum absolute atomic E-state index is 11.5. The number of sulfonamides is 1. The molecule has 0 aliphatic heterocycles. The highest BCUT2D eigenvalue weighted by Gasteiger charge is 2.14. The van der Waals surface area contributed by atoms with Crippen molar-refractivity contribution < 1.29 is 13.2 Å². The van der Waals surface area contributed by atoms with Gasteiger partial charge in [0.25, 0.3) is 0 Å². The summed E-state index contributed by atoms with van der Waals surface area (Å²) >= 11 is 1.58. The Labute approximate surface area is 151 Å². The second kappa shape index (κ2) is 7.47. The van der Waals surface area contributed by atoms with Gasteiger partial charge in [-0.05, 0) is 37.3 Å². The van der Waals surface area contributed by atoms with Crippen molar-refractivity contribution in [1.82, 2.24) is 9.55 Å². The van der Waals surface area contributed by atoms with Crippen LogP contribution >= 0.6 is 11.8 Å². The summed E-state index contributed by atoms with van der Waals surface area (Å²) in [6.07, 6.45) is 0. The fourth-order valence-electron chi connectivity index (χ4n) is 2.49. The van der Waals surface area contributed by atoms with Gasteiger partial charge in [0.05, 0.1) is 22.5 Å². The van der Waals surface area contributed by atoms with E-state index in [1.54, 1.807) is 17.8 Å². The number of nitrogens with two attached hydrogens (primary N) is 1. The minimum atomic E-state index is -3.73. The van der Waals surface area contributed by atoms with Crippen LogP contribution < -0.4 is 9.88 Å². The molecule has 132 valence electrons. The molecule has 25 heavy (non-hydrogen) atoms. The molecule has 2 N–H and O–H groups in total. The lowest BCUT2D eigenvalue weighted by Gasteiger charge is -2.07. The van der Waals surface area contributed by atoms with Crippen LogP contribution in [-0.2, 0) is 16.6 Å². The van der Waals surface area contributed by atoms with E-state index in [4.69, 9.17) is 9.88 Å². The molecule has 0 fully saturated rings. The Hall–Kier alpha value is -2.03. The largest absolute Gasteiger partial charge is 0.493 e. The summed E-state index contributed by atoms with van der Waals surface area (Å²) in [5.41, 5.74) is 1.52. The fourth-order valence-corrected chi connectivity index (χ4v) is 3.92. The number of benzene rings is 2. The third-order valence-corrected chi connectivity index (χ3v) is 5.51. The highest BCUT2D eigenvalue weighted by atomic mass is 32.2. The monoisotopic (exact) mass is 377 g/mol. The number of nitrogens with zero attached hydrogens (tertiary/aromatic N) is 2. The molecule has 3 rings (SSSR count). The number of thioether (sulfide) groups is 1. The highest BCUT2D eigenvalue weighted by Crippen LogP contribution is 2.26. The van der Waals surface area contributed by atoms with Crippen molar-refractivity contribution in [2.75, 3.05) is 12.4 Å². The van der Waals surface area contributed by atoms with E-state index in [-0.39, 0.29) is 4.90 Å². The summed E-state index contributed by atoms with van der Waals surface area (Å²) in [5, 5.41) is 6.03. The van der Waals surface area contributed by atoms with E-state index in [0.29, 0.717) is 12.1 Å². The standard InChI is InChI=1S/C17H19N3O3S2/c1-2-20-16-9-8-14(25(18,21)22)12-15(16)19-17(20)24-11-10-23-13-6-4-3-5-7-13/h3-9,12H,2,10-11H2,1H3,(H2,18,21,22). The van der Waals surface area contributed by atoms with Gasteiger partial charge < -0.3 is 9.30 Å². The average molecular weight is 377 g/mol. The van der Waals surface area contributed by atoms with E-state index in [9.17, 15) is 8.42 Å². The summed E-state index contributed by atoms with van der Waals surface area (Å²) in [6.45, 7) is 3.33. The second-order valence-electron chi connectivity index (χ2n) is 5.34. The van der Waals surface area contributed by atoms with Crippen LogP contribution in [-0.4, -0.2) is 30.3 Å². The molecular formula is C17H19N3O3S2. The molecule has 0 amide bonds. The van der Waals surface area contributed by atoms with Crippen LogP contribution in [0.2, 0.25) is 0 Å². The normalized spacial score (nSPS) is 11.8. The zero-order valence-corrected chi connectivity index (χ0v) is 15.4. The van der Waals surface area contributed by atoms with Gasteiger partial charge in [-0.1, -0.05) is 30.0 Å². The lowest BCUT2D eigenvalue weighted by atomic mass is 10.3. The van der Waals surface area contributed by atoms with Gasteiger partial charge in [0.15, 0.2) is 5.16 Å². The first-order valence-corrected chi connectivity index (χ1v) is 10.4. The second-order valence-corrected chi connectivity index (χ2v) is 7.97. The maximum atomic E-state index is 11.5. The van der Waals surface area contributed by atoms with Gasteiger partial charge >= 0.3 is 0 Å². The number of rotatable bonds is 7. The van der Waals surface area contributed by atoms with Gasteiger partial charge in [0.2, 0.25) is 10.0 Å². The number of para-hydroxylation sites is 1. The molecule has 0 spiro atoms. The molecule has 6 nitrogen and oxygen atoms in total. The molecule has 0 aliphatic carbocycles. The number of hydrogen-bond acceptors (Lipinski definition) is 5. The molecule has 0 bridgehead atoms. The summed E-state index contributed by atoms with van der Waals surface area (Å²) in [4.78, 5) is 4.63. The van der Waals surface area contributed by atoms with Gasteiger partial charge in [-0.3, -0.25) is 0 Å². The average Bonchev–Trinajstić information content (AvgIpc) is 2.95. The van der Waals surface area contributed by atoms with Crippen LogP contribution in [0.4, 0.5) is 0 Å². The number of hydrogen-bond donors (Lipinski definition) is 1. The van der Waals surface area contributed by atoms with Crippen molar-refractivity contribution in [3.05, 3.63) is 48.5 Å². The Morgan fingerprint density at radius 1 is 1.20 bits per heavy atom. The smallest absolute Gasteiger partial charge is 0.238 e. The van der Waals surface area contributed by atoms with Crippen molar-refractivity contribution in [3.63, 3.8) is 0 Å². The van der Waals surface area contributed by atoms with Crippen LogP contribution in [0.25, 0.3) is 11.0 Å². The summed E-state index contributed by atoms with van der Waals surface area (Å²) in [6, 6.07) is 14.4. The summed E-state index contributed by atoms with van der Waals surface area (Å²) in [7, 11) is -3.73. The summed E-state index contributed by atoms with van der Waals surface area (Å²) < 4.78 is 30.7. The highest BCUT2D eigenvalue weighted by molar-refractivity contribution is 7.99. The quantitative estimate of drug-likeness (QED) is 0.505. The third kappa shape index (κ3) is 4.15. The molecular weight excluding hydrogens is 358 g/mol. The summed E-state index contributed by atoms with van der Waals surface area (Å²) in [5.74, 6) is 1.57. The number of fused-ring (bicyclic) bond motifs is 1. The van der Waals surface area contributed by atoms with Crippen molar-refractivity contribution in [2.24, 2.45) is 5.14 Å². The fraction of sp³-hybridized carbons (Fsp3) is 0.235. The Bertz CT molecular complexity index is 969. The Kier molecular flexibility index (Phi) is 5.31. The van der Waals surface area contributed by atoms with E-state index in [1.165, 1.54) is 12.1 Å². The molecule has 0 radical (unpaired) electrons. The topological polar surface area (TPSA) is 87.2 Å². The Morgan fingerprint density at radius 2 is 1.96 bits per heavy atom. The molecule has 3 aromatic rings. The molecule has 0 saturated carbocycles. The number of primary sulfonamides is 1. The van der Waals surface area contributed by atoms with Crippen molar-refractivity contribution in [2.45, 2.75) is 23.5 Å². The molecule has 0 aliphatic rings. The number of ether oxygens (including phenoxy) is 1. The molecule has 1 aromatic heterocycles. The first kappa shape index (κ1) is 17.8. The van der Waals surface area contributed by atoms with Gasteiger partial charge in [-0.2, -0.15) is 0 Å². The van der Waals surface area contributed by atoms with E-state index in [0.717, 1.165) is 28.7 Å².